The van der Waals surface area contributed by atoms with E-state index in [2.05, 4.69) is 15.4 Å². The zero-order valence-corrected chi connectivity index (χ0v) is 11.5. The molecular formula is C12H10ClN5O2. The summed E-state index contributed by atoms with van der Waals surface area (Å²) in [6, 6.07) is 3.32. The van der Waals surface area contributed by atoms with Gasteiger partial charge in [-0.3, -0.25) is 14.3 Å². The van der Waals surface area contributed by atoms with Gasteiger partial charge in [0.1, 0.15) is 5.69 Å². The van der Waals surface area contributed by atoms with Crippen molar-refractivity contribution in [3.8, 4) is 0 Å². The van der Waals surface area contributed by atoms with E-state index >= 15 is 0 Å². The normalized spacial score (nSPS) is 13.3. The first kappa shape index (κ1) is 12.6. The number of anilines is 3. The predicted octanol–water partition coefficient (Wildman–Crippen LogP) is 2.19. The van der Waals surface area contributed by atoms with Gasteiger partial charge in [0.05, 0.1) is 11.4 Å². The summed E-state index contributed by atoms with van der Waals surface area (Å²) in [4.78, 5) is 29.4. The van der Waals surface area contributed by atoms with Crippen LogP contribution in [-0.4, -0.2) is 26.0 Å². The Bertz CT molecular complexity index is 739. The Kier molecular flexibility index (Phi) is 2.72. The monoisotopic (exact) mass is 291 g/mol. The second-order valence-electron chi connectivity index (χ2n) is 4.32. The van der Waals surface area contributed by atoms with Crippen molar-refractivity contribution in [3.05, 3.63) is 29.7 Å². The molecule has 0 saturated carbocycles. The van der Waals surface area contributed by atoms with Crippen LogP contribution in [0.4, 0.5) is 22.0 Å². The molecule has 0 unspecified atom stereocenters. The first-order valence-corrected chi connectivity index (χ1v) is 6.18. The Morgan fingerprint density at radius 2 is 2.20 bits per heavy atom. The highest BCUT2D eigenvalue weighted by Gasteiger charge is 2.34. The molecule has 0 radical (unpaired) electrons. The third kappa shape index (κ3) is 1.67. The maximum atomic E-state index is 12.3. The fraction of sp³-hybridized carbons (Fsp3) is 0.167. The number of nitrogens with zero attached hydrogens (tertiary/aromatic N) is 4. The van der Waals surface area contributed by atoms with Crippen molar-refractivity contribution in [1.82, 2.24) is 14.8 Å². The van der Waals surface area contributed by atoms with Gasteiger partial charge in [-0.2, -0.15) is 5.10 Å². The Balaban J connectivity index is 2.37. The van der Waals surface area contributed by atoms with E-state index in [9.17, 15) is 9.59 Å². The van der Waals surface area contributed by atoms with E-state index in [0.717, 1.165) is 0 Å². The SMILES string of the molecule is Cc1nn(C)c2c1N(C(=O)Cl)c1ncccc1NC2=O. The Labute approximate surface area is 119 Å². The molecule has 0 aliphatic carbocycles. The number of pyridine rings is 1. The summed E-state index contributed by atoms with van der Waals surface area (Å²) in [7, 11) is 1.63. The molecule has 0 atom stereocenters. The lowest BCUT2D eigenvalue weighted by Crippen LogP contribution is -2.22. The predicted molar refractivity (Wildman–Crippen MR) is 73.5 cm³/mol. The van der Waals surface area contributed by atoms with Crippen molar-refractivity contribution in [2.24, 2.45) is 7.05 Å². The van der Waals surface area contributed by atoms with E-state index < -0.39 is 5.37 Å². The number of aromatic nitrogens is 3. The molecule has 0 fully saturated rings. The molecule has 0 saturated heterocycles. The maximum absolute atomic E-state index is 12.3. The Morgan fingerprint density at radius 1 is 1.45 bits per heavy atom. The lowest BCUT2D eigenvalue weighted by molar-refractivity contribution is 0.101. The third-order valence-electron chi connectivity index (χ3n) is 3.05. The van der Waals surface area contributed by atoms with Gasteiger partial charge < -0.3 is 5.32 Å². The minimum Gasteiger partial charge on any atom is -0.317 e. The highest BCUT2D eigenvalue weighted by atomic mass is 35.5. The van der Waals surface area contributed by atoms with Crippen LogP contribution in [-0.2, 0) is 7.05 Å². The van der Waals surface area contributed by atoms with Crippen LogP contribution >= 0.6 is 11.6 Å². The minimum atomic E-state index is -0.751. The Hall–Kier alpha value is -2.41. The van der Waals surface area contributed by atoms with Gasteiger partial charge in [-0.1, -0.05) is 0 Å². The minimum absolute atomic E-state index is 0.259. The van der Waals surface area contributed by atoms with Crippen LogP contribution in [0.15, 0.2) is 18.3 Å². The number of rotatable bonds is 0. The van der Waals surface area contributed by atoms with E-state index in [1.807, 2.05) is 0 Å². The number of halogens is 1. The first-order chi connectivity index (χ1) is 9.50. The van der Waals surface area contributed by atoms with Crippen LogP contribution < -0.4 is 10.2 Å². The largest absolute Gasteiger partial charge is 0.326 e. The van der Waals surface area contributed by atoms with Gasteiger partial charge in [0.2, 0.25) is 0 Å². The van der Waals surface area contributed by atoms with Crippen LogP contribution in [0.25, 0.3) is 0 Å². The van der Waals surface area contributed by atoms with Crippen molar-refractivity contribution < 1.29 is 9.59 Å². The molecule has 2 aromatic heterocycles. The lowest BCUT2D eigenvalue weighted by atomic mass is 10.2. The molecule has 0 bridgehead atoms. The molecule has 1 N–H and O–H groups in total. The first-order valence-electron chi connectivity index (χ1n) is 5.80. The fourth-order valence-electron chi connectivity index (χ4n) is 2.30. The van der Waals surface area contributed by atoms with Crippen LogP contribution in [0.3, 0.4) is 0 Å². The van der Waals surface area contributed by atoms with E-state index in [4.69, 9.17) is 11.6 Å². The van der Waals surface area contributed by atoms with E-state index in [1.54, 1.807) is 26.1 Å². The quantitative estimate of drug-likeness (QED) is 0.596. The Morgan fingerprint density at radius 3 is 2.90 bits per heavy atom. The molecule has 1 aliphatic heterocycles. The maximum Gasteiger partial charge on any atom is 0.326 e. The molecule has 8 heteroatoms. The molecule has 3 heterocycles. The number of amides is 2. The molecular weight excluding hydrogens is 282 g/mol. The fourth-order valence-corrected chi connectivity index (χ4v) is 2.47. The lowest BCUT2D eigenvalue weighted by Gasteiger charge is -2.18. The smallest absolute Gasteiger partial charge is 0.317 e. The standard InChI is InChI=1S/C12H10ClN5O2/c1-6-8-9(17(2)16-6)11(19)15-7-4-3-5-14-10(7)18(8)12(13)20/h3-5H,1-2H3,(H,15,19). The highest BCUT2D eigenvalue weighted by Crippen LogP contribution is 2.38. The summed E-state index contributed by atoms with van der Waals surface area (Å²) >= 11 is 5.68. The van der Waals surface area contributed by atoms with Gasteiger partial charge in [0.15, 0.2) is 11.5 Å². The van der Waals surface area contributed by atoms with Crippen molar-refractivity contribution in [3.63, 3.8) is 0 Å². The van der Waals surface area contributed by atoms with Gasteiger partial charge in [-0.05, 0) is 30.7 Å². The zero-order chi connectivity index (χ0) is 14.4. The number of carbonyl (C=O) groups excluding carboxylic acids is 2. The molecule has 0 spiro atoms. The number of aryl methyl sites for hydroxylation is 2. The molecule has 3 rings (SSSR count). The van der Waals surface area contributed by atoms with Crippen LogP contribution in [0.2, 0.25) is 0 Å². The average molecular weight is 292 g/mol. The van der Waals surface area contributed by atoms with Gasteiger partial charge in [-0.15, -0.1) is 0 Å². The zero-order valence-electron chi connectivity index (χ0n) is 10.7. The van der Waals surface area contributed by atoms with E-state index in [-0.39, 0.29) is 17.4 Å². The van der Waals surface area contributed by atoms with E-state index in [0.29, 0.717) is 17.1 Å². The topological polar surface area (TPSA) is 80.1 Å². The van der Waals surface area contributed by atoms with Gasteiger partial charge in [0, 0.05) is 13.2 Å². The number of hydrogen-bond donors (Lipinski definition) is 1. The summed E-state index contributed by atoms with van der Waals surface area (Å²) in [6.45, 7) is 1.70. The summed E-state index contributed by atoms with van der Waals surface area (Å²) in [5, 5.41) is 6.12. The van der Waals surface area contributed by atoms with Crippen molar-refractivity contribution >= 4 is 40.1 Å². The van der Waals surface area contributed by atoms with Crippen molar-refractivity contribution in [2.45, 2.75) is 6.92 Å². The summed E-state index contributed by atoms with van der Waals surface area (Å²) in [5.74, 6) is -0.0894. The molecule has 7 nitrogen and oxygen atoms in total. The number of carbonyl (C=O) groups is 2. The second kappa shape index (κ2) is 4.31. The van der Waals surface area contributed by atoms with Gasteiger partial charge in [0.25, 0.3) is 5.91 Å². The third-order valence-corrected chi connectivity index (χ3v) is 3.22. The average Bonchev–Trinajstić information content (AvgIpc) is 2.59. The molecule has 20 heavy (non-hydrogen) atoms. The highest BCUT2D eigenvalue weighted by molar-refractivity contribution is 6.67. The molecule has 2 aromatic rings. The van der Waals surface area contributed by atoms with E-state index in [1.165, 1.54) is 15.8 Å². The van der Waals surface area contributed by atoms with Crippen LogP contribution in [0, 0.1) is 6.92 Å². The summed E-state index contributed by atoms with van der Waals surface area (Å²) in [5.41, 5.74) is 1.55. The van der Waals surface area contributed by atoms with Gasteiger partial charge in [-0.25, -0.2) is 9.88 Å². The van der Waals surface area contributed by atoms with Crippen molar-refractivity contribution in [2.75, 3.05) is 10.2 Å². The van der Waals surface area contributed by atoms with Crippen molar-refractivity contribution in [1.29, 1.82) is 0 Å². The molecule has 102 valence electrons. The molecule has 0 aromatic carbocycles. The van der Waals surface area contributed by atoms with Crippen LogP contribution in [0.5, 0.6) is 0 Å². The van der Waals surface area contributed by atoms with Crippen LogP contribution in [0.1, 0.15) is 16.2 Å². The number of hydrogen-bond acceptors (Lipinski definition) is 4. The molecule has 2 amide bonds. The summed E-state index contributed by atoms with van der Waals surface area (Å²) < 4.78 is 1.42. The summed E-state index contributed by atoms with van der Waals surface area (Å²) in [6.07, 6.45) is 1.52. The number of nitrogens with one attached hydrogen (secondary N) is 1. The van der Waals surface area contributed by atoms with Gasteiger partial charge >= 0.3 is 5.37 Å². The number of fused-ring (bicyclic) bond motifs is 2. The molecule has 1 aliphatic rings. The second-order valence-corrected chi connectivity index (χ2v) is 4.65.